The van der Waals surface area contributed by atoms with E-state index in [-0.39, 0.29) is 12.1 Å². The first-order valence-electron chi connectivity index (χ1n) is 6.86. The predicted molar refractivity (Wildman–Crippen MR) is 74.6 cm³/mol. The first kappa shape index (κ1) is 13.9. The third kappa shape index (κ3) is 4.24. The number of hydrogen-bond donors (Lipinski definition) is 1. The molecule has 19 heavy (non-hydrogen) atoms. The van der Waals surface area contributed by atoms with Crippen LogP contribution >= 0.6 is 0 Å². The quantitative estimate of drug-likeness (QED) is 0.890. The zero-order valence-corrected chi connectivity index (χ0v) is 11.4. The van der Waals surface area contributed by atoms with E-state index < -0.39 is 0 Å². The van der Waals surface area contributed by atoms with Crippen molar-refractivity contribution in [2.24, 2.45) is 11.7 Å². The van der Waals surface area contributed by atoms with Crippen molar-refractivity contribution >= 4 is 6.09 Å². The summed E-state index contributed by atoms with van der Waals surface area (Å²) in [5, 5.41) is 0. The van der Waals surface area contributed by atoms with Crippen molar-refractivity contribution in [1.29, 1.82) is 0 Å². The summed E-state index contributed by atoms with van der Waals surface area (Å²) in [4.78, 5) is 13.8. The predicted octanol–water partition coefficient (Wildman–Crippen LogP) is 2.38. The van der Waals surface area contributed by atoms with Gasteiger partial charge in [0.05, 0.1) is 0 Å². The van der Waals surface area contributed by atoms with Gasteiger partial charge >= 0.3 is 6.09 Å². The Bertz CT molecular complexity index is 396. The molecule has 0 spiro atoms. The topological polar surface area (TPSA) is 55.6 Å². The largest absolute Gasteiger partial charge is 0.445 e. The molecule has 0 aliphatic carbocycles. The number of ether oxygens (including phenoxy) is 1. The lowest BCUT2D eigenvalue weighted by Crippen LogP contribution is -2.40. The Hall–Kier alpha value is -1.55. The highest BCUT2D eigenvalue weighted by Crippen LogP contribution is 2.16. The third-order valence-corrected chi connectivity index (χ3v) is 3.48. The lowest BCUT2D eigenvalue weighted by atomic mass is 10.0. The summed E-state index contributed by atoms with van der Waals surface area (Å²) in [5.74, 6) is 0.484. The summed E-state index contributed by atoms with van der Waals surface area (Å²) in [7, 11) is 0. The maximum Gasteiger partial charge on any atom is 0.410 e. The molecule has 2 atom stereocenters. The molecule has 0 radical (unpaired) electrons. The minimum Gasteiger partial charge on any atom is -0.445 e. The second-order valence-corrected chi connectivity index (χ2v) is 5.39. The molecule has 1 saturated heterocycles. The average molecular weight is 262 g/mol. The van der Waals surface area contributed by atoms with Crippen molar-refractivity contribution in [1.82, 2.24) is 4.90 Å². The second kappa shape index (κ2) is 6.57. The fourth-order valence-corrected chi connectivity index (χ4v) is 2.37. The Labute approximate surface area is 114 Å². The van der Waals surface area contributed by atoms with E-state index in [1.807, 2.05) is 30.3 Å². The number of likely N-dealkylation sites (tertiary alicyclic amines) is 1. The molecule has 1 aromatic carbocycles. The van der Waals surface area contributed by atoms with Crippen molar-refractivity contribution in [2.45, 2.75) is 32.4 Å². The fraction of sp³-hybridized carbons (Fsp3) is 0.533. The van der Waals surface area contributed by atoms with Crippen molar-refractivity contribution in [2.75, 3.05) is 13.1 Å². The van der Waals surface area contributed by atoms with E-state index in [1.165, 1.54) is 0 Å². The maximum absolute atomic E-state index is 12.1. The molecule has 4 heteroatoms. The van der Waals surface area contributed by atoms with Gasteiger partial charge in [0.25, 0.3) is 0 Å². The van der Waals surface area contributed by atoms with Gasteiger partial charge in [0.1, 0.15) is 6.61 Å². The lowest BCUT2D eigenvalue weighted by molar-refractivity contribution is 0.0925. The van der Waals surface area contributed by atoms with Crippen molar-refractivity contribution in [3.63, 3.8) is 0 Å². The molecule has 104 valence electrons. The highest BCUT2D eigenvalue weighted by atomic mass is 16.6. The maximum atomic E-state index is 12.1. The Balaban J connectivity index is 1.88. The number of carbonyl (C=O) groups is 1. The van der Waals surface area contributed by atoms with Gasteiger partial charge in [-0.1, -0.05) is 37.3 Å². The number of amides is 1. The molecule has 1 unspecified atom stereocenters. The van der Waals surface area contributed by atoms with Gasteiger partial charge in [-0.2, -0.15) is 0 Å². The fourth-order valence-electron chi connectivity index (χ4n) is 2.37. The molecule has 1 aliphatic rings. The normalized spacial score (nSPS) is 23.8. The van der Waals surface area contributed by atoms with E-state index in [4.69, 9.17) is 10.5 Å². The van der Waals surface area contributed by atoms with Crippen LogP contribution in [0.25, 0.3) is 0 Å². The lowest BCUT2D eigenvalue weighted by Gasteiger charge is -2.23. The van der Waals surface area contributed by atoms with Crippen LogP contribution in [0.1, 0.15) is 25.3 Å². The van der Waals surface area contributed by atoms with Crippen LogP contribution in [0.3, 0.4) is 0 Å². The number of carbonyl (C=O) groups excluding carboxylic acids is 1. The van der Waals surface area contributed by atoms with Crippen LogP contribution in [0, 0.1) is 5.92 Å². The molecule has 0 aromatic heterocycles. The average Bonchev–Trinajstić information content (AvgIpc) is 2.59. The monoisotopic (exact) mass is 262 g/mol. The highest BCUT2D eigenvalue weighted by Gasteiger charge is 2.24. The molecule has 1 aliphatic heterocycles. The van der Waals surface area contributed by atoms with E-state index in [0.29, 0.717) is 19.1 Å². The number of nitrogens with zero attached hydrogens (tertiary/aromatic N) is 1. The summed E-state index contributed by atoms with van der Waals surface area (Å²) in [6.45, 7) is 3.80. The van der Waals surface area contributed by atoms with E-state index in [0.717, 1.165) is 24.9 Å². The van der Waals surface area contributed by atoms with Crippen molar-refractivity contribution in [3.8, 4) is 0 Å². The standard InChI is InChI=1S/C15H22N2O2/c1-12-7-8-14(16)10-17(9-12)15(18)19-11-13-5-3-2-4-6-13/h2-6,12,14H,7-11,16H2,1H3/t12?,14-/m0/s1. The van der Waals surface area contributed by atoms with Gasteiger partial charge in [0.2, 0.25) is 0 Å². The molecular formula is C15H22N2O2. The summed E-state index contributed by atoms with van der Waals surface area (Å²) in [6.07, 6.45) is 1.79. The van der Waals surface area contributed by atoms with Crippen LogP contribution in [-0.2, 0) is 11.3 Å². The van der Waals surface area contributed by atoms with Gasteiger partial charge in [0, 0.05) is 19.1 Å². The summed E-state index contributed by atoms with van der Waals surface area (Å²) >= 11 is 0. The molecule has 1 aromatic rings. The summed E-state index contributed by atoms with van der Waals surface area (Å²) < 4.78 is 5.35. The molecule has 1 fully saturated rings. The van der Waals surface area contributed by atoms with Crippen LogP contribution < -0.4 is 5.73 Å². The van der Waals surface area contributed by atoms with Crippen LogP contribution in [0.4, 0.5) is 4.79 Å². The molecular weight excluding hydrogens is 240 g/mol. The first-order valence-corrected chi connectivity index (χ1v) is 6.86. The van der Waals surface area contributed by atoms with Crippen molar-refractivity contribution in [3.05, 3.63) is 35.9 Å². The van der Waals surface area contributed by atoms with E-state index in [2.05, 4.69) is 6.92 Å². The number of rotatable bonds is 2. The second-order valence-electron chi connectivity index (χ2n) is 5.39. The number of hydrogen-bond acceptors (Lipinski definition) is 3. The van der Waals surface area contributed by atoms with Gasteiger partial charge in [-0.25, -0.2) is 4.79 Å². The molecule has 2 N–H and O–H groups in total. The molecule has 0 saturated carbocycles. The van der Waals surface area contributed by atoms with Crippen LogP contribution in [-0.4, -0.2) is 30.1 Å². The molecule has 2 rings (SSSR count). The Kier molecular flexibility index (Phi) is 4.80. The number of benzene rings is 1. The van der Waals surface area contributed by atoms with E-state index in [9.17, 15) is 4.79 Å². The SMILES string of the molecule is CC1CC[C@H](N)CN(C(=O)OCc2ccccc2)C1. The Morgan fingerprint density at radius 1 is 1.32 bits per heavy atom. The zero-order chi connectivity index (χ0) is 13.7. The minimum absolute atomic E-state index is 0.0641. The summed E-state index contributed by atoms with van der Waals surface area (Å²) in [5.41, 5.74) is 6.99. The van der Waals surface area contributed by atoms with Gasteiger partial charge < -0.3 is 15.4 Å². The zero-order valence-electron chi connectivity index (χ0n) is 11.4. The number of nitrogens with two attached hydrogens (primary N) is 1. The van der Waals surface area contributed by atoms with Crippen molar-refractivity contribution < 1.29 is 9.53 Å². The molecule has 4 nitrogen and oxygen atoms in total. The Morgan fingerprint density at radius 2 is 2.05 bits per heavy atom. The molecule has 1 amide bonds. The minimum atomic E-state index is -0.256. The smallest absolute Gasteiger partial charge is 0.410 e. The highest BCUT2D eigenvalue weighted by molar-refractivity contribution is 5.67. The van der Waals surface area contributed by atoms with Crippen LogP contribution in [0.15, 0.2) is 30.3 Å². The molecule has 0 bridgehead atoms. The van der Waals surface area contributed by atoms with E-state index in [1.54, 1.807) is 4.90 Å². The van der Waals surface area contributed by atoms with Gasteiger partial charge in [-0.3, -0.25) is 0 Å². The van der Waals surface area contributed by atoms with Crippen LogP contribution in [0.2, 0.25) is 0 Å². The van der Waals surface area contributed by atoms with Gasteiger partial charge in [-0.15, -0.1) is 0 Å². The molecule has 1 heterocycles. The summed E-state index contributed by atoms with van der Waals surface area (Å²) in [6, 6.07) is 9.78. The third-order valence-electron chi connectivity index (χ3n) is 3.48. The first-order chi connectivity index (χ1) is 9.15. The van der Waals surface area contributed by atoms with E-state index >= 15 is 0 Å². The van der Waals surface area contributed by atoms with Crippen LogP contribution in [0.5, 0.6) is 0 Å². The Morgan fingerprint density at radius 3 is 2.79 bits per heavy atom. The van der Waals surface area contributed by atoms with Gasteiger partial charge in [-0.05, 0) is 24.3 Å². The van der Waals surface area contributed by atoms with Gasteiger partial charge in [0.15, 0.2) is 0 Å².